The zero-order chi connectivity index (χ0) is 12.6. The Hall–Kier alpha value is -0.120. The third-order valence-electron chi connectivity index (χ3n) is 2.82. The lowest BCUT2D eigenvalue weighted by molar-refractivity contribution is 0.176. The van der Waals surface area contributed by atoms with Gasteiger partial charge in [0.2, 0.25) is 0 Å². The van der Waals surface area contributed by atoms with Crippen molar-refractivity contribution in [2.75, 3.05) is 46.8 Å². The maximum absolute atomic E-state index is 5.79. The molecule has 0 aromatic heterocycles. The molecule has 0 amide bonds. The van der Waals surface area contributed by atoms with Gasteiger partial charge in [-0.05, 0) is 58.5 Å². The number of nitrogens with two attached hydrogens (primary N) is 1. The average molecular weight is 229 g/mol. The van der Waals surface area contributed by atoms with Crippen LogP contribution in [0.4, 0.5) is 0 Å². The molecule has 0 aliphatic carbocycles. The molecule has 0 aliphatic rings. The van der Waals surface area contributed by atoms with Gasteiger partial charge in [-0.3, -0.25) is 0 Å². The minimum absolute atomic E-state index is 0.243. The molecule has 0 atom stereocenters. The molecule has 16 heavy (non-hydrogen) atoms. The predicted octanol–water partition coefficient (Wildman–Crippen LogP) is 1.64. The highest BCUT2D eigenvalue weighted by molar-refractivity contribution is 4.74. The molecule has 0 spiro atoms. The molecule has 0 bridgehead atoms. The van der Waals surface area contributed by atoms with Crippen molar-refractivity contribution in [1.82, 2.24) is 9.80 Å². The number of hydrogen-bond donors (Lipinski definition) is 1. The molecule has 0 aromatic rings. The Morgan fingerprint density at radius 2 is 1.69 bits per heavy atom. The summed E-state index contributed by atoms with van der Waals surface area (Å²) in [6.45, 7) is 12.2. The van der Waals surface area contributed by atoms with Crippen LogP contribution >= 0.6 is 0 Å². The molecule has 0 aromatic carbocycles. The third kappa shape index (κ3) is 8.08. The first kappa shape index (κ1) is 15.9. The Balaban J connectivity index is 3.96. The smallest absolute Gasteiger partial charge is 0.00448 e. The summed E-state index contributed by atoms with van der Waals surface area (Å²) in [5.41, 5.74) is 6.04. The van der Waals surface area contributed by atoms with E-state index in [4.69, 9.17) is 5.73 Å². The van der Waals surface area contributed by atoms with Crippen LogP contribution < -0.4 is 5.73 Å². The van der Waals surface area contributed by atoms with Crippen LogP contribution in [0.2, 0.25) is 0 Å². The van der Waals surface area contributed by atoms with E-state index in [2.05, 4.69) is 44.7 Å². The van der Waals surface area contributed by atoms with Crippen molar-refractivity contribution in [1.29, 1.82) is 0 Å². The molecule has 0 fully saturated rings. The zero-order valence-electron chi connectivity index (χ0n) is 11.9. The molecule has 0 rings (SSSR count). The summed E-state index contributed by atoms with van der Waals surface area (Å²) in [6.07, 6.45) is 2.47. The molecule has 2 N–H and O–H groups in total. The van der Waals surface area contributed by atoms with Crippen LogP contribution in [0.1, 0.15) is 33.6 Å². The molecular formula is C13H31N3. The molecule has 0 radical (unpaired) electrons. The van der Waals surface area contributed by atoms with Crippen LogP contribution in [0.15, 0.2) is 0 Å². The molecule has 98 valence electrons. The van der Waals surface area contributed by atoms with E-state index < -0.39 is 0 Å². The van der Waals surface area contributed by atoms with Crippen molar-refractivity contribution in [3.05, 3.63) is 0 Å². The fourth-order valence-corrected chi connectivity index (χ4v) is 1.87. The number of nitrogens with zero attached hydrogens (tertiary/aromatic N) is 2. The van der Waals surface area contributed by atoms with Gasteiger partial charge in [-0.25, -0.2) is 0 Å². The second kappa shape index (κ2) is 8.04. The van der Waals surface area contributed by atoms with Crippen LogP contribution in [0.25, 0.3) is 0 Å². The van der Waals surface area contributed by atoms with Gasteiger partial charge in [0.05, 0.1) is 0 Å². The van der Waals surface area contributed by atoms with Gasteiger partial charge in [0, 0.05) is 6.54 Å². The van der Waals surface area contributed by atoms with E-state index in [1.165, 1.54) is 32.5 Å². The van der Waals surface area contributed by atoms with E-state index >= 15 is 0 Å². The van der Waals surface area contributed by atoms with Gasteiger partial charge in [-0.2, -0.15) is 0 Å². The van der Waals surface area contributed by atoms with Crippen LogP contribution in [-0.4, -0.2) is 56.6 Å². The first-order chi connectivity index (χ1) is 7.41. The Kier molecular flexibility index (Phi) is 7.98. The number of hydrogen-bond acceptors (Lipinski definition) is 3. The lowest BCUT2D eigenvalue weighted by atomic mass is 9.93. The summed E-state index contributed by atoms with van der Waals surface area (Å²) in [5.74, 6) is 0. The van der Waals surface area contributed by atoms with Gasteiger partial charge in [-0.1, -0.05) is 20.8 Å². The lowest BCUT2D eigenvalue weighted by Gasteiger charge is -2.31. The summed E-state index contributed by atoms with van der Waals surface area (Å²) in [6, 6.07) is 0. The Morgan fingerprint density at radius 1 is 1.06 bits per heavy atom. The van der Waals surface area contributed by atoms with Gasteiger partial charge in [0.1, 0.15) is 0 Å². The van der Waals surface area contributed by atoms with Crippen molar-refractivity contribution in [2.24, 2.45) is 11.1 Å². The standard InChI is InChI=1S/C13H31N3/c1-6-8-16(10-7-9-15(4)5)12-13(2,3)11-14/h6-12,14H2,1-5H3. The molecule has 0 aliphatic heterocycles. The van der Waals surface area contributed by atoms with Crippen LogP contribution in [-0.2, 0) is 0 Å². The third-order valence-corrected chi connectivity index (χ3v) is 2.82. The molecule has 0 heterocycles. The van der Waals surface area contributed by atoms with Crippen molar-refractivity contribution >= 4 is 0 Å². The summed E-state index contributed by atoms with van der Waals surface area (Å²) < 4.78 is 0. The maximum Gasteiger partial charge on any atom is 0.00448 e. The second-order valence-electron chi connectivity index (χ2n) is 5.80. The van der Waals surface area contributed by atoms with E-state index in [9.17, 15) is 0 Å². The van der Waals surface area contributed by atoms with E-state index in [1.54, 1.807) is 0 Å². The zero-order valence-corrected chi connectivity index (χ0v) is 11.9. The minimum atomic E-state index is 0.243. The van der Waals surface area contributed by atoms with Gasteiger partial charge in [-0.15, -0.1) is 0 Å². The summed E-state index contributed by atoms with van der Waals surface area (Å²) in [5, 5.41) is 0. The van der Waals surface area contributed by atoms with E-state index in [0.717, 1.165) is 13.1 Å². The van der Waals surface area contributed by atoms with E-state index in [1.807, 2.05) is 0 Å². The Bertz CT molecular complexity index is 167. The number of rotatable bonds is 9. The molecular weight excluding hydrogens is 198 g/mol. The monoisotopic (exact) mass is 229 g/mol. The van der Waals surface area contributed by atoms with Gasteiger partial charge in [0.25, 0.3) is 0 Å². The minimum Gasteiger partial charge on any atom is -0.330 e. The van der Waals surface area contributed by atoms with E-state index in [0.29, 0.717) is 0 Å². The van der Waals surface area contributed by atoms with Gasteiger partial charge in [0.15, 0.2) is 0 Å². The first-order valence-corrected chi connectivity index (χ1v) is 6.48. The topological polar surface area (TPSA) is 32.5 Å². The Labute approximate surface area is 102 Å². The maximum atomic E-state index is 5.79. The summed E-state index contributed by atoms with van der Waals surface area (Å²) >= 11 is 0. The van der Waals surface area contributed by atoms with Gasteiger partial charge < -0.3 is 15.5 Å². The second-order valence-corrected chi connectivity index (χ2v) is 5.80. The van der Waals surface area contributed by atoms with Crippen LogP contribution in [0.5, 0.6) is 0 Å². The lowest BCUT2D eigenvalue weighted by Crippen LogP contribution is -2.40. The van der Waals surface area contributed by atoms with Crippen molar-refractivity contribution in [3.8, 4) is 0 Å². The summed E-state index contributed by atoms with van der Waals surface area (Å²) in [7, 11) is 4.27. The highest BCUT2D eigenvalue weighted by Gasteiger charge is 2.19. The first-order valence-electron chi connectivity index (χ1n) is 6.48. The molecule has 0 unspecified atom stereocenters. The highest BCUT2D eigenvalue weighted by atomic mass is 15.1. The molecule has 0 saturated heterocycles. The molecule has 3 heteroatoms. The Morgan fingerprint density at radius 3 is 2.12 bits per heavy atom. The van der Waals surface area contributed by atoms with Crippen LogP contribution in [0.3, 0.4) is 0 Å². The quantitative estimate of drug-likeness (QED) is 0.652. The van der Waals surface area contributed by atoms with Crippen molar-refractivity contribution < 1.29 is 0 Å². The normalized spacial score (nSPS) is 12.8. The molecule has 0 saturated carbocycles. The fraction of sp³-hybridized carbons (Fsp3) is 1.00. The van der Waals surface area contributed by atoms with Crippen molar-refractivity contribution in [3.63, 3.8) is 0 Å². The average Bonchev–Trinajstić information content (AvgIpc) is 2.17. The van der Waals surface area contributed by atoms with E-state index in [-0.39, 0.29) is 5.41 Å². The largest absolute Gasteiger partial charge is 0.330 e. The summed E-state index contributed by atoms with van der Waals surface area (Å²) in [4.78, 5) is 4.80. The highest BCUT2D eigenvalue weighted by Crippen LogP contribution is 2.15. The van der Waals surface area contributed by atoms with Gasteiger partial charge >= 0.3 is 0 Å². The molecule has 3 nitrogen and oxygen atoms in total. The van der Waals surface area contributed by atoms with Crippen LogP contribution in [0, 0.1) is 5.41 Å². The fourth-order valence-electron chi connectivity index (χ4n) is 1.87. The van der Waals surface area contributed by atoms with Crippen molar-refractivity contribution in [2.45, 2.75) is 33.6 Å². The SMILES string of the molecule is CCCN(CCCN(C)C)CC(C)(C)CN. The predicted molar refractivity (Wildman–Crippen MR) is 72.7 cm³/mol.